The molecule has 0 saturated heterocycles. The third-order valence-corrected chi connectivity index (χ3v) is 3.77. The van der Waals surface area contributed by atoms with Crippen molar-refractivity contribution in [3.8, 4) is 10.7 Å². The molecule has 0 aliphatic heterocycles. The first-order valence-electron chi connectivity index (χ1n) is 5.81. The number of aryl methyl sites for hydroxylation is 2. The second kappa shape index (κ2) is 5.38. The van der Waals surface area contributed by atoms with Gasteiger partial charge in [0.15, 0.2) is 0 Å². The van der Waals surface area contributed by atoms with E-state index in [0.29, 0.717) is 0 Å². The molecule has 90 valence electrons. The highest BCUT2D eigenvalue weighted by molar-refractivity contribution is 7.15. The van der Waals surface area contributed by atoms with Crippen LogP contribution in [0.1, 0.15) is 23.1 Å². The number of aromatic nitrogens is 2. The van der Waals surface area contributed by atoms with Crippen molar-refractivity contribution in [1.82, 2.24) is 15.3 Å². The third kappa shape index (κ3) is 2.53. The van der Waals surface area contributed by atoms with Crippen LogP contribution in [0.4, 0.5) is 0 Å². The molecule has 0 bridgehead atoms. The van der Waals surface area contributed by atoms with Gasteiger partial charge in [-0.3, -0.25) is 4.98 Å². The number of hydrogen-bond donors (Lipinski definition) is 1. The average molecular weight is 247 g/mol. The maximum Gasteiger partial charge on any atom is 0.142 e. The molecule has 0 aliphatic carbocycles. The largest absolute Gasteiger partial charge is 0.315 e. The molecule has 0 amide bonds. The maximum atomic E-state index is 4.69. The van der Waals surface area contributed by atoms with Crippen LogP contribution < -0.4 is 5.32 Å². The molecule has 0 spiro atoms. The number of thiazole rings is 1. The van der Waals surface area contributed by atoms with Gasteiger partial charge in [-0.15, -0.1) is 11.3 Å². The zero-order valence-electron chi connectivity index (χ0n) is 10.4. The van der Waals surface area contributed by atoms with Crippen LogP contribution in [0.2, 0.25) is 0 Å². The van der Waals surface area contributed by atoms with E-state index >= 15 is 0 Å². The minimum Gasteiger partial charge on any atom is -0.315 e. The Hall–Kier alpha value is -1.26. The van der Waals surface area contributed by atoms with Gasteiger partial charge in [0.1, 0.15) is 10.7 Å². The number of pyridine rings is 1. The maximum absolute atomic E-state index is 4.69. The summed E-state index contributed by atoms with van der Waals surface area (Å²) in [5.74, 6) is 0. The van der Waals surface area contributed by atoms with Crippen LogP contribution in [0.15, 0.2) is 18.3 Å². The van der Waals surface area contributed by atoms with Gasteiger partial charge in [-0.1, -0.05) is 13.0 Å². The molecule has 3 nitrogen and oxygen atoms in total. The molecule has 2 aromatic rings. The molecule has 0 atom stereocenters. The smallest absolute Gasteiger partial charge is 0.142 e. The first-order chi connectivity index (χ1) is 8.26. The molecule has 2 aromatic heterocycles. The Labute approximate surface area is 106 Å². The minimum absolute atomic E-state index is 0.882. The van der Waals surface area contributed by atoms with Crippen molar-refractivity contribution in [2.45, 2.75) is 26.8 Å². The highest BCUT2D eigenvalue weighted by Gasteiger charge is 2.12. The van der Waals surface area contributed by atoms with E-state index in [1.165, 1.54) is 16.1 Å². The second-order valence-electron chi connectivity index (χ2n) is 3.94. The van der Waals surface area contributed by atoms with Crippen molar-refractivity contribution in [3.63, 3.8) is 0 Å². The Morgan fingerprint density at radius 2 is 2.24 bits per heavy atom. The monoisotopic (exact) mass is 247 g/mol. The summed E-state index contributed by atoms with van der Waals surface area (Å²) >= 11 is 1.74. The van der Waals surface area contributed by atoms with E-state index in [0.717, 1.165) is 23.7 Å². The predicted octanol–water partition coefficient (Wildman–Crippen LogP) is 2.80. The normalized spacial score (nSPS) is 10.8. The van der Waals surface area contributed by atoms with Gasteiger partial charge in [-0.2, -0.15) is 0 Å². The standard InChI is InChI=1S/C13H17N3S/c1-4-10-11(8-14-3)17-13(16-10)12-9(2)6-5-7-15-12/h5-7,14H,4,8H2,1-3H3. The van der Waals surface area contributed by atoms with Gasteiger partial charge in [0.2, 0.25) is 0 Å². The van der Waals surface area contributed by atoms with Crippen molar-refractivity contribution >= 4 is 11.3 Å². The molecule has 4 heteroatoms. The highest BCUT2D eigenvalue weighted by atomic mass is 32.1. The summed E-state index contributed by atoms with van der Waals surface area (Å²) in [5, 5.41) is 4.22. The van der Waals surface area contributed by atoms with Crippen LogP contribution in [0.3, 0.4) is 0 Å². The Kier molecular flexibility index (Phi) is 3.86. The van der Waals surface area contributed by atoms with Crippen LogP contribution in [-0.2, 0) is 13.0 Å². The molecule has 0 fully saturated rings. The van der Waals surface area contributed by atoms with E-state index < -0.39 is 0 Å². The van der Waals surface area contributed by atoms with Crippen molar-refractivity contribution in [1.29, 1.82) is 0 Å². The van der Waals surface area contributed by atoms with Gasteiger partial charge < -0.3 is 5.32 Å². The van der Waals surface area contributed by atoms with Crippen molar-refractivity contribution < 1.29 is 0 Å². The first kappa shape index (κ1) is 12.2. The lowest BCUT2D eigenvalue weighted by molar-refractivity contribution is 0.814. The molecule has 0 aliphatic rings. The molecule has 2 heterocycles. The Balaban J connectivity index is 2.43. The van der Waals surface area contributed by atoms with E-state index in [9.17, 15) is 0 Å². The Morgan fingerprint density at radius 1 is 1.41 bits per heavy atom. The van der Waals surface area contributed by atoms with E-state index in [1.54, 1.807) is 11.3 Å². The average Bonchev–Trinajstić information content (AvgIpc) is 2.73. The van der Waals surface area contributed by atoms with Gasteiger partial charge >= 0.3 is 0 Å². The predicted molar refractivity (Wildman–Crippen MR) is 72.2 cm³/mol. The van der Waals surface area contributed by atoms with Crippen LogP contribution in [-0.4, -0.2) is 17.0 Å². The first-order valence-corrected chi connectivity index (χ1v) is 6.63. The molecule has 0 saturated carbocycles. The lowest BCUT2D eigenvalue weighted by Gasteiger charge is -1.98. The van der Waals surface area contributed by atoms with Gasteiger partial charge in [-0.05, 0) is 32.0 Å². The summed E-state index contributed by atoms with van der Waals surface area (Å²) in [4.78, 5) is 10.4. The molecular formula is C13H17N3S. The van der Waals surface area contributed by atoms with E-state index in [4.69, 9.17) is 4.98 Å². The zero-order valence-corrected chi connectivity index (χ0v) is 11.3. The molecule has 2 rings (SSSR count). The fourth-order valence-corrected chi connectivity index (χ4v) is 2.99. The number of nitrogens with one attached hydrogen (secondary N) is 1. The van der Waals surface area contributed by atoms with Crippen LogP contribution in [0, 0.1) is 6.92 Å². The molecule has 0 aromatic carbocycles. The number of nitrogens with zero attached hydrogens (tertiary/aromatic N) is 2. The minimum atomic E-state index is 0.882. The van der Waals surface area contributed by atoms with Crippen molar-refractivity contribution in [3.05, 3.63) is 34.5 Å². The van der Waals surface area contributed by atoms with Crippen molar-refractivity contribution in [2.24, 2.45) is 0 Å². The van der Waals surface area contributed by atoms with E-state index in [-0.39, 0.29) is 0 Å². The number of hydrogen-bond acceptors (Lipinski definition) is 4. The summed E-state index contributed by atoms with van der Waals surface area (Å²) in [6, 6.07) is 4.04. The lowest BCUT2D eigenvalue weighted by atomic mass is 10.2. The summed E-state index contributed by atoms with van der Waals surface area (Å²) < 4.78 is 0. The Bertz CT molecular complexity index is 505. The molecule has 17 heavy (non-hydrogen) atoms. The van der Waals surface area contributed by atoms with Gasteiger partial charge in [0.25, 0.3) is 0 Å². The van der Waals surface area contributed by atoms with Gasteiger partial charge in [-0.25, -0.2) is 4.98 Å². The molecular weight excluding hydrogens is 230 g/mol. The highest BCUT2D eigenvalue weighted by Crippen LogP contribution is 2.28. The Morgan fingerprint density at radius 3 is 2.88 bits per heavy atom. The topological polar surface area (TPSA) is 37.8 Å². The number of rotatable bonds is 4. The van der Waals surface area contributed by atoms with E-state index in [1.807, 2.05) is 19.3 Å². The van der Waals surface area contributed by atoms with Gasteiger partial charge in [0.05, 0.1) is 5.69 Å². The van der Waals surface area contributed by atoms with Crippen molar-refractivity contribution in [2.75, 3.05) is 7.05 Å². The summed E-state index contributed by atoms with van der Waals surface area (Å²) in [6.45, 7) is 5.10. The molecule has 0 unspecified atom stereocenters. The van der Waals surface area contributed by atoms with E-state index in [2.05, 4.69) is 30.2 Å². The van der Waals surface area contributed by atoms with Crippen LogP contribution in [0.5, 0.6) is 0 Å². The summed E-state index contributed by atoms with van der Waals surface area (Å²) in [5.41, 5.74) is 3.37. The van der Waals surface area contributed by atoms with Crippen LogP contribution in [0.25, 0.3) is 10.7 Å². The quantitative estimate of drug-likeness (QED) is 0.902. The molecule has 0 radical (unpaired) electrons. The fourth-order valence-electron chi connectivity index (χ4n) is 1.77. The van der Waals surface area contributed by atoms with Crippen LogP contribution >= 0.6 is 11.3 Å². The lowest BCUT2D eigenvalue weighted by Crippen LogP contribution is -2.05. The third-order valence-electron chi connectivity index (χ3n) is 2.66. The fraction of sp³-hybridized carbons (Fsp3) is 0.385. The summed E-state index contributed by atoms with van der Waals surface area (Å²) in [7, 11) is 1.96. The molecule has 1 N–H and O–H groups in total. The second-order valence-corrected chi connectivity index (χ2v) is 5.03. The summed E-state index contributed by atoms with van der Waals surface area (Å²) in [6.07, 6.45) is 2.80. The van der Waals surface area contributed by atoms with Gasteiger partial charge in [0, 0.05) is 17.6 Å². The SMILES string of the molecule is CCc1nc(-c2ncccc2C)sc1CNC. The zero-order chi connectivity index (χ0) is 12.3.